The van der Waals surface area contributed by atoms with Gasteiger partial charge in [-0.15, -0.1) is 0 Å². The molecule has 0 aliphatic carbocycles. The van der Waals surface area contributed by atoms with Gasteiger partial charge >= 0.3 is 5.97 Å². The molecule has 1 aromatic heterocycles. The molecule has 1 N–H and O–H groups in total. The number of hydrogen-bond acceptors (Lipinski definition) is 3. The van der Waals surface area contributed by atoms with Crippen LogP contribution in [0.5, 0.6) is 0 Å². The molecule has 92 valence electrons. The average Bonchev–Trinajstić information content (AvgIpc) is 2.31. The van der Waals surface area contributed by atoms with Gasteiger partial charge in [0.25, 0.3) is 0 Å². The van der Waals surface area contributed by atoms with Crippen molar-refractivity contribution in [2.45, 2.75) is 9.92 Å². The normalized spacial score (nSPS) is 10.3. The van der Waals surface area contributed by atoms with E-state index in [1.807, 2.05) is 12.1 Å². The number of hydrogen-bond donors (Lipinski definition) is 1. The number of pyridine rings is 1. The van der Waals surface area contributed by atoms with E-state index in [1.54, 1.807) is 12.1 Å². The fourth-order valence-corrected chi connectivity index (χ4v) is 2.50. The van der Waals surface area contributed by atoms with Crippen LogP contribution in [0.1, 0.15) is 10.4 Å². The minimum Gasteiger partial charge on any atom is -0.478 e. The average molecular weight is 300 g/mol. The van der Waals surface area contributed by atoms with Crippen molar-refractivity contribution in [3.05, 3.63) is 52.1 Å². The number of aromatic nitrogens is 1. The molecule has 18 heavy (non-hydrogen) atoms. The van der Waals surface area contributed by atoms with Crippen LogP contribution < -0.4 is 0 Å². The van der Waals surface area contributed by atoms with E-state index in [9.17, 15) is 4.79 Å². The van der Waals surface area contributed by atoms with E-state index >= 15 is 0 Å². The van der Waals surface area contributed by atoms with Gasteiger partial charge in [-0.25, -0.2) is 9.78 Å². The summed E-state index contributed by atoms with van der Waals surface area (Å²) < 4.78 is 0. The van der Waals surface area contributed by atoms with Crippen LogP contribution in [0, 0.1) is 0 Å². The van der Waals surface area contributed by atoms with Crippen LogP contribution in [0.15, 0.2) is 46.3 Å². The lowest BCUT2D eigenvalue weighted by Crippen LogP contribution is -1.97. The molecule has 1 heterocycles. The van der Waals surface area contributed by atoms with Crippen LogP contribution in [0.25, 0.3) is 0 Å². The first-order valence-electron chi connectivity index (χ1n) is 4.89. The summed E-state index contributed by atoms with van der Waals surface area (Å²) in [5.41, 5.74) is 0.117. The van der Waals surface area contributed by atoms with E-state index in [0.717, 1.165) is 4.90 Å². The molecule has 1 aromatic carbocycles. The second-order valence-corrected chi connectivity index (χ2v) is 5.30. The summed E-state index contributed by atoms with van der Waals surface area (Å²) in [4.78, 5) is 15.9. The third-order valence-electron chi connectivity index (χ3n) is 2.05. The molecule has 0 bridgehead atoms. The lowest BCUT2D eigenvalue weighted by molar-refractivity contribution is 0.0696. The zero-order valence-electron chi connectivity index (χ0n) is 8.93. The van der Waals surface area contributed by atoms with Crippen molar-refractivity contribution in [3.8, 4) is 0 Å². The molecule has 2 aromatic rings. The van der Waals surface area contributed by atoms with Gasteiger partial charge in [-0.05, 0) is 36.4 Å². The SMILES string of the molecule is O=C(O)c1cc(Cl)nc(Sc2ccc(Cl)cc2)c1. The number of carbonyl (C=O) groups is 1. The highest BCUT2D eigenvalue weighted by atomic mass is 35.5. The van der Waals surface area contributed by atoms with E-state index in [4.69, 9.17) is 28.3 Å². The third-order valence-corrected chi connectivity index (χ3v) is 3.43. The van der Waals surface area contributed by atoms with Crippen molar-refractivity contribution in [2.24, 2.45) is 0 Å². The molecule has 0 fully saturated rings. The summed E-state index contributed by atoms with van der Waals surface area (Å²) in [5, 5.41) is 10.3. The van der Waals surface area contributed by atoms with Crippen LogP contribution in [0.3, 0.4) is 0 Å². The Labute approximate surface area is 118 Å². The van der Waals surface area contributed by atoms with E-state index < -0.39 is 5.97 Å². The summed E-state index contributed by atoms with van der Waals surface area (Å²) in [6.07, 6.45) is 0. The number of carboxylic acid groups (broad SMARTS) is 1. The molecule has 0 aliphatic heterocycles. The quantitative estimate of drug-likeness (QED) is 0.861. The maximum atomic E-state index is 10.9. The van der Waals surface area contributed by atoms with Gasteiger partial charge in [0, 0.05) is 9.92 Å². The van der Waals surface area contributed by atoms with Gasteiger partial charge in [0.15, 0.2) is 0 Å². The van der Waals surface area contributed by atoms with Crippen LogP contribution in [-0.2, 0) is 0 Å². The van der Waals surface area contributed by atoms with Crippen molar-refractivity contribution in [3.63, 3.8) is 0 Å². The predicted octanol–water partition coefficient (Wildman–Crippen LogP) is 4.24. The fraction of sp³-hybridized carbons (Fsp3) is 0. The Morgan fingerprint density at radius 1 is 1.17 bits per heavy atom. The minimum absolute atomic E-state index is 0.117. The lowest BCUT2D eigenvalue weighted by atomic mass is 10.3. The van der Waals surface area contributed by atoms with E-state index in [1.165, 1.54) is 23.9 Å². The van der Waals surface area contributed by atoms with E-state index in [2.05, 4.69) is 4.98 Å². The third kappa shape index (κ3) is 3.38. The maximum absolute atomic E-state index is 10.9. The van der Waals surface area contributed by atoms with E-state index in [-0.39, 0.29) is 10.7 Å². The molecular formula is C12H7Cl2NO2S. The molecular weight excluding hydrogens is 293 g/mol. The van der Waals surface area contributed by atoms with Crippen LogP contribution >= 0.6 is 35.0 Å². The van der Waals surface area contributed by atoms with E-state index in [0.29, 0.717) is 10.0 Å². The fourth-order valence-electron chi connectivity index (χ4n) is 1.27. The van der Waals surface area contributed by atoms with Crippen LogP contribution in [0.2, 0.25) is 10.2 Å². The first kappa shape index (κ1) is 13.2. The number of carboxylic acids is 1. The van der Waals surface area contributed by atoms with Gasteiger partial charge in [-0.2, -0.15) is 0 Å². The highest BCUT2D eigenvalue weighted by molar-refractivity contribution is 7.99. The highest BCUT2D eigenvalue weighted by Gasteiger charge is 2.08. The molecule has 0 amide bonds. The molecule has 0 radical (unpaired) electrons. The monoisotopic (exact) mass is 299 g/mol. The van der Waals surface area contributed by atoms with Gasteiger partial charge in [-0.3, -0.25) is 0 Å². The number of halogens is 2. The van der Waals surface area contributed by atoms with Crippen molar-refractivity contribution in [1.82, 2.24) is 4.98 Å². The molecule has 0 aliphatic rings. The van der Waals surface area contributed by atoms with Crippen molar-refractivity contribution in [2.75, 3.05) is 0 Å². The Morgan fingerprint density at radius 3 is 2.44 bits per heavy atom. The smallest absolute Gasteiger partial charge is 0.335 e. The summed E-state index contributed by atoms with van der Waals surface area (Å²) >= 11 is 12.9. The number of rotatable bonds is 3. The van der Waals surface area contributed by atoms with Crippen LogP contribution in [-0.4, -0.2) is 16.1 Å². The summed E-state index contributed by atoms with van der Waals surface area (Å²) in [5.74, 6) is -1.03. The van der Waals surface area contributed by atoms with Crippen molar-refractivity contribution >= 4 is 40.9 Å². The second-order valence-electron chi connectivity index (χ2n) is 3.38. The summed E-state index contributed by atoms with van der Waals surface area (Å²) in [6, 6.07) is 9.97. The first-order valence-corrected chi connectivity index (χ1v) is 6.46. The topological polar surface area (TPSA) is 50.2 Å². The largest absolute Gasteiger partial charge is 0.478 e. The Balaban J connectivity index is 2.28. The number of benzene rings is 1. The van der Waals surface area contributed by atoms with Crippen molar-refractivity contribution in [1.29, 1.82) is 0 Å². The Bertz CT molecular complexity index is 587. The maximum Gasteiger partial charge on any atom is 0.335 e. The zero-order chi connectivity index (χ0) is 13.1. The molecule has 0 atom stereocenters. The Morgan fingerprint density at radius 2 is 1.83 bits per heavy atom. The molecule has 0 saturated carbocycles. The Hall–Kier alpha value is -1.23. The highest BCUT2D eigenvalue weighted by Crippen LogP contribution is 2.28. The lowest BCUT2D eigenvalue weighted by Gasteiger charge is -2.03. The van der Waals surface area contributed by atoms with Gasteiger partial charge in [0.1, 0.15) is 10.2 Å². The molecule has 3 nitrogen and oxygen atoms in total. The van der Waals surface area contributed by atoms with Gasteiger partial charge in [-0.1, -0.05) is 35.0 Å². The second kappa shape index (κ2) is 5.61. The van der Waals surface area contributed by atoms with Crippen LogP contribution in [0.4, 0.5) is 0 Å². The standard InChI is InChI=1S/C12H7Cl2NO2S/c13-8-1-3-9(4-2-8)18-11-6-7(12(16)17)5-10(14)15-11/h1-6H,(H,16,17). The van der Waals surface area contributed by atoms with Gasteiger partial charge in [0.2, 0.25) is 0 Å². The van der Waals surface area contributed by atoms with Gasteiger partial charge < -0.3 is 5.11 Å². The number of nitrogens with zero attached hydrogens (tertiary/aromatic N) is 1. The number of aromatic carboxylic acids is 1. The first-order chi connectivity index (χ1) is 8.54. The molecule has 2 rings (SSSR count). The molecule has 0 unspecified atom stereocenters. The Kier molecular flexibility index (Phi) is 4.11. The van der Waals surface area contributed by atoms with Crippen molar-refractivity contribution < 1.29 is 9.90 Å². The zero-order valence-corrected chi connectivity index (χ0v) is 11.3. The van der Waals surface area contributed by atoms with Gasteiger partial charge in [0.05, 0.1) is 5.56 Å². The summed E-state index contributed by atoms with van der Waals surface area (Å²) in [7, 11) is 0. The predicted molar refractivity (Wildman–Crippen MR) is 71.8 cm³/mol. The summed E-state index contributed by atoms with van der Waals surface area (Å²) in [6.45, 7) is 0. The minimum atomic E-state index is -1.03. The molecule has 0 spiro atoms. The molecule has 0 saturated heterocycles. The molecule has 6 heteroatoms.